The highest BCUT2D eigenvalue weighted by atomic mass is 35.5. The number of nitrogens with zero attached hydrogens (tertiary/aromatic N) is 1. The number of H-pyrrole nitrogens is 1. The van der Waals surface area contributed by atoms with Crippen molar-refractivity contribution in [3.63, 3.8) is 0 Å². The maximum atomic E-state index is 13.3. The normalized spacial score (nSPS) is 12.3. The van der Waals surface area contributed by atoms with Gasteiger partial charge in [-0.25, -0.2) is 4.39 Å². The van der Waals surface area contributed by atoms with E-state index in [9.17, 15) is 9.18 Å². The Balaban J connectivity index is 1.81. The fraction of sp³-hybridized carbons (Fsp3) is 0.0588. The molecule has 1 aliphatic rings. The lowest BCUT2D eigenvalue weighted by atomic mass is 10.0. The average molecular weight is 329 g/mol. The predicted molar refractivity (Wildman–Crippen MR) is 84.6 cm³/mol. The van der Waals surface area contributed by atoms with Crippen LogP contribution in [0.3, 0.4) is 0 Å². The molecule has 1 N–H and O–H groups in total. The number of hydrogen-bond acceptors (Lipinski definition) is 3. The molecule has 0 radical (unpaired) electrons. The molecule has 1 aliphatic heterocycles. The standard InChI is InChI=1S/C17H10ClFN2O2/c18-11-3-1-9(2-4-11)15-20-16(22)13-8-10-7-12(19)5-6-14(10)23-17(13)21-15/h1-7H,8H2,(H,20,21,22). The zero-order valence-electron chi connectivity index (χ0n) is 11.8. The van der Waals surface area contributed by atoms with Crippen molar-refractivity contribution >= 4 is 11.6 Å². The van der Waals surface area contributed by atoms with Crippen LogP contribution in [0.2, 0.25) is 5.02 Å². The molecule has 0 spiro atoms. The van der Waals surface area contributed by atoms with E-state index in [1.807, 2.05) is 0 Å². The van der Waals surface area contributed by atoms with Crippen LogP contribution in [0.5, 0.6) is 11.6 Å². The number of hydrogen-bond donors (Lipinski definition) is 1. The Labute approximate surface area is 135 Å². The molecular formula is C17H10ClFN2O2. The molecule has 2 heterocycles. The van der Waals surface area contributed by atoms with Crippen LogP contribution in [0.15, 0.2) is 47.3 Å². The molecule has 0 fully saturated rings. The smallest absolute Gasteiger partial charge is 0.258 e. The number of halogens is 2. The number of aromatic amines is 1. The van der Waals surface area contributed by atoms with Crippen LogP contribution >= 0.6 is 11.6 Å². The van der Waals surface area contributed by atoms with Crippen molar-refractivity contribution in [1.29, 1.82) is 0 Å². The van der Waals surface area contributed by atoms with E-state index >= 15 is 0 Å². The average Bonchev–Trinajstić information content (AvgIpc) is 2.54. The predicted octanol–water partition coefficient (Wildman–Crippen LogP) is 3.93. The molecule has 0 aliphatic carbocycles. The lowest BCUT2D eigenvalue weighted by Gasteiger charge is -2.19. The highest BCUT2D eigenvalue weighted by molar-refractivity contribution is 6.30. The minimum absolute atomic E-state index is 0.248. The van der Waals surface area contributed by atoms with Crippen molar-refractivity contribution in [2.75, 3.05) is 0 Å². The number of nitrogens with one attached hydrogen (secondary N) is 1. The van der Waals surface area contributed by atoms with Crippen LogP contribution in [0.4, 0.5) is 4.39 Å². The van der Waals surface area contributed by atoms with E-state index in [0.29, 0.717) is 27.7 Å². The van der Waals surface area contributed by atoms with Gasteiger partial charge in [0.1, 0.15) is 17.4 Å². The van der Waals surface area contributed by atoms with Gasteiger partial charge in [-0.05, 0) is 42.5 Å². The van der Waals surface area contributed by atoms with Gasteiger partial charge in [0, 0.05) is 22.6 Å². The van der Waals surface area contributed by atoms with Gasteiger partial charge in [0.25, 0.3) is 5.56 Å². The molecule has 0 saturated carbocycles. The first kappa shape index (κ1) is 14.0. The second-order valence-corrected chi connectivity index (χ2v) is 5.67. The van der Waals surface area contributed by atoms with E-state index in [1.54, 1.807) is 30.3 Å². The fourth-order valence-electron chi connectivity index (χ4n) is 2.54. The van der Waals surface area contributed by atoms with E-state index in [0.717, 1.165) is 5.56 Å². The summed E-state index contributed by atoms with van der Waals surface area (Å²) in [5, 5.41) is 0.598. The number of aromatic nitrogens is 2. The maximum Gasteiger partial charge on any atom is 0.258 e. The lowest BCUT2D eigenvalue weighted by molar-refractivity contribution is 0.436. The molecule has 4 nitrogen and oxygen atoms in total. The van der Waals surface area contributed by atoms with Gasteiger partial charge < -0.3 is 9.72 Å². The van der Waals surface area contributed by atoms with E-state index in [1.165, 1.54) is 12.1 Å². The van der Waals surface area contributed by atoms with E-state index in [-0.39, 0.29) is 23.7 Å². The SMILES string of the molecule is O=c1[nH]c(-c2ccc(Cl)cc2)nc2c1Cc1cc(F)ccc1O2. The summed E-state index contributed by atoms with van der Waals surface area (Å²) >= 11 is 5.87. The van der Waals surface area contributed by atoms with E-state index in [4.69, 9.17) is 16.3 Å². The Morgan fingerprint density at radius 1 is 1.17 bits per heavy atom. The molecule has 114 valence electrons. The zero-order chi connectivity index (χ0) is 16.0. The van der Waals surface area contributed by atoms with Crippen LogP contribution in [-0.2, 0) is 6.42 Å². The molecule has 0 bridgehead atoms. The van der Waals surface area contributed by atoms with Crippen LogP contribution in [0.1, 0.15) is 11.1 Å². The van der Waals surface area contributed by atoms with Gasteiger partial charge in [0.2, 0.25) is 5.88 Å². The van der Waals surface area contributed by atoms with Gasteiger partial charge >= 0.3 is 0 Å². The summed E-state index contributed by atoms with van der Waals surface area (Å²) in [5.41, 5.74) is 1.45. The summed E-state index contributed by atoms with van der Waals surface area (Å²) in [6.45, 7) is 0. The monoisotopic (exact) mass is 328 g/mol. The first-order chi connectivity index (χ1) is 11.1. The van der Waals surface area contributed by atoms with Crippen LogP contribution < -0.4 is 10.3 Å². The fourth-order valence-corrected chi connectivity index (χ4v) is 2.67. The third kappa shape index (κ3) is 2.49. The van der Waals surface area contributed by atoms with Gasteiger partial charge in [-0.15, -0.1) is 0 Å². The maximum absolute atomic E-state index is 13.3. The Bertz CT molecular complexity index is 967. The Morgan fingerprint density at radius 2 is 1.96 bits per heavy atom. The molecular weight excluding hydrogens is 319 g/mol. The largest absolute Gasteiger partial charge is 0.438 e. The third-order valence-electron chi connectivity index (χ3n) is 3.69. The van der Waals surface area contributed by atoms with Crippen LogP contribution in [-0.4, -0.2) is 9.97 Å². The summed E-state index contributed by atoms with van der Waals surface area (Å²) in [7, 11) is 0. The van der Waals surface area contributed by atoms with Gasteiger partial charge in [0.15, 0.2) is 0 Å². The molecule has 3 aromatic rings. The van der Waals surface area contributed by atoms with E-state index in [2.05, 4.69) is 9.97 Å². The second-order valence-electron chi connectivity index (χ2n) is 5.24. The Hall–Kier alpha value is -2.66. The minimum atomic E-state index is -0.363. The Kier molecular flexibility index (Phi) is 3.16. The molecule has 1 aromatic heterocycles. The summed E-state index contributed by atoms with van der Waals surface area (Å²) in [6.07, 6.45) is 0.283. The van der Waals surface area contributed by atoms with Crippen molar-refractivity contribution in [1.82, 2.24) is 9.97 Å². The first-order valence-corrected chi connectivity index (χ1v) is 7.33. The topological polar surface area (TPSA) is 55.0 Å². The lowest BCUT2D eigenvalue weighted by Crippen LogP contribution is -2.20. The Morgan fingerprint density at radius 3 is 2.74 bits per heavy atom. The molecule has 0 saturated heterocycles. The van der Waals surface area contributed by atoms with Crippen LogP contribution in [0, 0.1) is 5.82 Å². The number of benzene rings is 2. The minimum Gasteiger partial charge on any atom is -0.438 e. The summed E-state index contributed by atoms with van der Waals surface area (Å²) in [4.78, 5) is 19.4. The quantitative estimate of drug-likeness (QED) is 0.576. The second kappa shape index (κ2) is 5.21. The molecule has 2 aromatic carbocycles. The van der Waals surface area contributed by atoms with Crippen LogP contribution in [0.25, 0.3) is 11.4 Å². The highest BCUT2D eigenvalue weighted by Gasteiger charge is 2.22. The van der Waals surface area contributed by atoms with Crippen molar-refractivity contribution < 1.29 is 9.13 Å². The van der Waals surface area contributed by atoms with Gasteiger partial charge in [0.05, 0.1) is 5.56 Å². The summed E-state index contributed by atoms with van der Waals surface area (Å²) in [6, 6.07) is 11.2. The molecule has 0 amide bonds. The number of fused-ring (bicyclic) bond motifs is 2. The van der Waals surface area contributed by atoms with Crippen molar-refractivity contribution in [3.8, 4) is 23.0 Å². The molecule has 0 atom stereocenters. The molecule has 0 unspecified atom stereocenters. The van der Waals surface area contributed by atoms with Crippen molar-refractivity contribution in [3.05, 3.63) is 74.8 Å². The molecule has 6 heteroatoms. The summed E-state index contributed by atoms with van der Waals surface area (Å²) < 4.78 is 19.0. The molecule has 4 rings (SSSR count). The summed E-state index contributed by atoms with van der Waals surface area (Å²) in [5.74, 6) is 0.797. The number of rotatable bonds is 1. The van der Waals surface area contributed by atoms with Gasteiger partial charge in [-0.1, -0.05) is 11.6 Å². The van der Waals surface area contributed by atoms with Crippen molar-refractivity contribution in [2.24, 2.45) is 0 Å². The molecule has 23 heavy (non-hydrogen) atoms. The van der Waals surface area contributed by atoms with Gasteiger partial charge in [-0.3, -0.25) is 4.79 Å². The number of ether oxygens (including phenoxy) is 1. The highest BCUT2D eigenvalue weighted by Crippen LogP contribution is 2.34. The van der Waals surface area contributed by atoms with Crippen molar-refractivity contribution in [2.45, 2.75) is 6.42 Å². The first-order valence-electron chi connectivity index (χ1n) is 6.95. The zero-order valence-corrected chi connectivity index (χ0v) is 12.5. The van der Waals surface area contributed by atoms with Gasteiger partial charge in [-0.2, -0.15) is 4.98 Å². The van der Waals surface area contributed by atoms with E-state index < -0.39 is 0 Å². The third-order valence-corrected chi connectivity index (χ3v) is 3.94.